The molecule has 1 N–H and O–H groups in total. The Balaban J connectivity index is 0.933. The summed E-state index contributed by atoms with van der Waals surface area (Å²) in [6.07, 6.45) is 9.35. The number of Topliss-reactive ketones (excluding diaryl/α,β-unsaturated/α-hetero) is 1. The van der Waals surface area contributed by atoms with Crippen molar-refractivity contribution in [2.75, 3.05) is 57.4 Å². The van der Waals surface area contributed by atoms with E-state index in [1.807, 2.05) is 66.7 Å². The number of hydrogen-bond donors (Lipinski definition) is 1. The lowest BCUT2D eigenvalue weighted by molar-refractivity contribution is -0.155. The second-order valence-electron chi connectivity index (χ2n) is 12.9. The van der Waals surface area contributed by atoms with Gasteiger partial charge < -0.3 is 24.4 Å². The summed E-state index contributed by atoms with van der Waals surface area (Å²) in [6, 6.07) is 26.5. The Labute approximate surface area is 293 Å². The molecule has 4 aromatic rings. The fraction of sp³-hybridized carbons (Fsp3) is 0.350. The quantitative estimate of drug-likeness (QED) is 0.183. The van der Waals surface area contributed by atoms with Gasteiger partial charge in [-0.1, -0.05) is 91.0 Å². The number of fused-ring (bicyclic) bond motifs is 3. The van der Waals surface area contributed by atoms with E-state index in [4.69, 9.17) is 14.2 Å². The van der Waals surface area contributed by atoms with Gasteiger partial charge in [-0.2, -0.15) is 0 Å². The number of piperazine rings is 1. The number of carbonyl (C=O) groups excluding carboxylic acids is 2. The monoisotopic (exact) mass is 673 g/mol. The molecule has 3 aliphatic rings. The summed E-state index contributed by atoms with van der Waals surface area (Å²) < 4.78 is 17.1. The largest absolute Gasteiger partial charge is 0.449 e. The average Bonchev–Trinajstić information content (AvgIpc) is 3.50. The van der Waals surface area contributed by atoms with Crippen LogP contribution in [0.25, 0.3) is 17.2 Å². The molecule has 0 radical (unpaired) electrons. The van der Waals surface area contributed by atoms with Crippen LogP contribution in [0.15, 0.2) is 97.3 Å². The minimum absolute atomic E-state index is 0.00146. The fourth-order valence-electron chi connectivity index (χ4n) is 6.87. The Bertz CT molecular complexity index is 1720. The van der Waals surface area contributed by atoms with E-state index in [2.05, 4.69) is 49.4 Å². The van der Waals surface area contributed by atoms with Crippen LogP contribution in [0.3, 0.4) is 0 Å². The van der Waals surface area contributed by atoms with E-state index >= 15 is 0 Å². The number of alkyl carbamates (subject to hydrolysis) is 1. The molecule has 1 amide bonds. The molecular weight excluding hydrogens is 630 g/mol. The van der Waals surface area contributed by atoms with Gasteiger partial charge in [0.1, 0.15) is 13.2 Å². The van der Waals surface area contributed by atoms with Crippen molar-refractivity contribution in [2.24, 2.45) is 0 Å². The number of rotatable bonds is 12. The summed E-state index contributed by atoms with van der Waals surface area (Å²) in [4.78, 5) is 39.3. The van der Waals surface area contributed by atoms with E-state index in [1.54, 1.807) is 12.4 Å². The number of ether oxygens (including phenoxy) is 3. The van der Waals surface area contributed by atoms with Crippen LogP contribution >= 0.6 is 0 Å². The first kappa shape index (κ1) is 33.6. The Morgan fingerprint density at radius 2 is 1.56 bits per heavy atom. The molecular formula is C40H43N5O5. The van der Waals surface area contributed by atoms with Crippen molar-refractivity contribution < 1.29 is 23.8 Å². The van der Waals surface area contributed by atoms with Crippen LogP contribution in [0.4, 0.5) is 10.7 Å². The highest BCUT2D eigenvalue weighted by molar-refractivity contribution is 5.96. The molecule has 0 saturated carbocycles. The first-order chi connectivity index (χ1) is 24.6. The van der Waals surface area contributed by atoms with Gasteiger partial charge in [-0.3, -0.25) is 9.69 Å². The second-order valence-corrected chi connectivity index (χ2v) is 12.9. The second kappa shape index (κ2) is 16.2. The molecule has 1 aliphatic carbocycles. The van der Waals surface area contributed by atoms with Gasteiger partial charge in [-0.25, -0.2) is 14.8 Å². The molecule has 2 fully saturated rings. The van der Waals surface area contributed by atoms with E-state index in [-0.39, 0.29) is 37.2 Å². The third kappa shape index (κ3) is 8.27. The van der Waals surface area contributed by atoms with Crippen LogP contribution in [-0.2, 0) is 14.2 Å². The number of ketones is 1. The molecule has 3 aromatic carbocycles. The highest BCUT2D eigenvalue weighted by atomic mass is 16.7. The summed E-state index contributed by atoms with van der Waals surface area (Å²) in [5, 5.41) is 3.12. The number of nitrogens with one attached hydrogen (secondary N) is 1. The summed E-state index contributed by atoms with van der Waals surface area (Å²) in [6.45, 7) is 4.48. The van der Waals surface area contributed by atoms with Crippen molar-refractivity contribution in [3.63, 3.8) is 0 Å². The normalized spacial score (nSPS) is 18.4. The minimum Gasteiger partial charge on any atom is -0.449 e. The lowest BCUT2D eigenvalue weighted by atomic mass is 9.98. The van der Waals surface area contributed by atoms with Gasteiger partial charge in [0, 0.05) is 57.6 Å². The lowest BCUT2D eigenvalue weighted by Gasteiger charge is -2.36. The molecule has 50 heavy (non-hydrogen) atoms. The zero-order chi connectivity index (χ0) is 34.1. The molecule has 10 heteroatoms. The third-order valence-electron chi connectivity index (χ3n) is 9.58. The number of aromatic nitrogens is 2. The van der Waals surface area contributed by atoms with E-state index in [9.17, 15) is 9.59 Å². The number of nitrogens with zero attached hydrogens (tertiary/aromatic N) is 4. The summed E-state index contributed by atoms with van der Waals surface area (Å²) >= 11 is 0. The summed E-state index contributed by atoms with van der Waals surface area (Å²) in [5.74, 6) is 0.433. The van der Waals surface area contributed by atoms with Crippen molar-refractivity contribution in [3.05, 3.63) is 120 Å². The molecule has 2 unspecified atom stereocenters. The number of hydrogen-bond acceptors (Lipinski definition) is 9. The number of benzene rings is 3. The summed E-state index contributed by atoms with van der Waals surface area (Å²) in [7, 11) is 0. The van der Waals surface area contributed by atoms with Gasteiger partial charge in [-0.15, -0.1) is 0 Å². The number of amides is 1. The minimum atomic E-state index is -0.437. The van der Waals surface area contributed by atoms with Crippen molar-refractivity contribution in [3.8, 4) is 11.1 Å². The van der Waals surface area contributed by atoms with Crippen molar-refractivity contribution in [1.29, 1.82) is 0 Å². The zero-order valence-electron chi connectivity index (χ0n) is 28.2. The topological polar surface area (TPSA) is 106 Å². The predicted octanol–water partition coefficient (Wildman–Crippen LogP) is 5.95. The van der Waals surface area contributed by atoms with Gasteiger partial charge in [0.2, 0.25) is 5.95 Å². The van der Waals surface area contributed by atoms with Gasteiger partial charge in [0.05, 0.1) is 11.6 Å². The number of anilines is 1. The highest BCUT2D eigenvalue weighted by Gasteiger charge is 2.29. The maximum Gasteiger partial charge on any atom is 0.407 e. The molecule has 0 spiro atoms. The van der Waals surface area contributed by atoms with Crippen LogP contribution < -0.4 is 10.2 Å². The molecule has 0 bridgehead atoms. The average molecular weight is 674 g/mol. The maximum atomic E-state index is 13.3. The number of carbonyl (C=O) groups is 2. The highest BCUT2D eigenvalue weighted by Crippen LogP contribution is 2.44. The van der Waals surface area contributed by atoms with E-state index in [0.717, 1.165) is 51.0 Å². The van der Waals surface area contributed by atoms with Crippen LogP contribution in [0.1, 0.15) is 52.2 Å². The summed E-state index contributed by atoms with van der Waals surface area (Å²) in [5.41, 5.74) is 6.25. The van der Waals surface area contributed by atoms with Gasteiger partial charge in [-0.05, 0) is 47.1 Å². The lowest BCUT2D eigenvalue weighted by Crippen LogP contribution is -2.51. The van der Waals surface area contributed by atoms with Gasteiger partial charge in [0.25, 0.3) is 0 Å². The van der Waals surface area contributed by atoms with Crippen molar-refractivity contribution in [1.82, 2.24) is 20.2 Å². The van der Waals surface area contributed by atoms with E-state index in [0.29, 0.717) is 24.7 Å². The van der Waals surface area contributed by atoms with Crippen molar-refractivity contribution >= 4 is 23.9 Å². The Kier molecular flexibility index (Phi) is 10.9. The van der Waals surface area contributed by atoms with Crippen LogP contribution in [-0.4, -0.2) is 91.6 Å². The van der Waals surface area contributed by atoms with Crippen molar-refractivity contribution in [2.45, 2.75) is 37.5 Å². The first-order valence-corrected chi connectivity index (χ1v) is 17.5. The Morgan fingerprint density at radius 3 is 2.24 bits per heavy atom. The molecule has 2 atom stereocenters. The molecule has 3 heterocycles. The zero-order valence-corrected chi connectivity index (χ0v) is 28.2. The van der Waals surface area contributed by atoms with Crippen LogP contribution in [0, 0.1) is 0 Å². The van der Waals surface area contributed by atoms with Crippen LogP contribution in [0.2, 0.25) is 0 Å². The third-order valence-corrected chi connectivity index (χ3v) is 9.58. The first-order valence-electron chi connectivity index (χ1n) is 17.5. The smallest absolute Gasteiger partial charge is 0.407 e. The standard InChI is InChI=1S/C40H43N5O5/c46-37(28-49-38-16-8-9-23-48-38)30-24-41-39(42-25-30)45-21-19-44(20-22-45)26-31(18-17-29-10-2-1-3-11-29)43-40(47)50-27-36-34-14-6-4-12-32(34)33-13-5-7-15-35(33)36/h1-7,10-15,17-18,24-25,31,36,38H,8-9,16,19-23,26-28H2,(H,43,47)/b18-17+. The van der Waals surface area contributed by atoms with E-state index < -0.39 is 6.09 Å². The SMILES string of the molecule is O=C(NC(/C=C/c1ccccc1)CN1CCN(c2ncc(C(=O)COC3CCCCO3)cn2)CC1)OCC1c2ccccc2-c2ccccc21. The maximum absolute atomic E-state index is 13.3. The van der Waals surface area contributed by atoms with Gasteiger partial charge >= 0.3 is 6.09 Å². The molecule has 1 aromatic heterocycles. The Hall–Kier alpha value is -4.90. The molecule has 10 nitrogen and oxygen atoms in total. The molecule has 258 valence electrons. The predicted molar refractivity (Wildman–Crippen MR) is 192 cm³/mol. The fourth-order valence-corrected chi connectivity index (χ4v) is 6.87. The Morgan fingerprint density at radius 1 is 0.880 bits per heavy atom. The molecule has 2 aliphatic heterocycles. The van der Waals surface area contributed by atoms with E-state index in [1.165, 1.54) is 22.3 Å². The molecule has 2 saturated heterocycles. The van der Waals surface area contributed by atoms with Gasteiger partial charge in [0.15, 0.2) is 12.1 Å². The van der Waals surface area contributed by atoms with Crippen LogP contribution in [0.5, 0.6) is 0 Å². The molecule has 7 rings (SSSR count).